The van der Waals surface area contributed by atoms with Gasteiger partial charge in [-0.25, -0.2) is 0 Å². The lowest BCUT2D eigenvalue weighted by atomic mass is 10.1. The molecule has 17 heavy (non-hydrogen) atoms. The summed E-state index contributed by atoms with van der Waals surface area (Å²) in [6.07, 6.45) is 0. The predicted octanol–water partition coefficient (Wildman–Crippen LogP) is 0.979. The number of amides is 1. The minimum Gasteiger partial charge on any atom is -0.394 e. The van der Waals surface area contributed by atoms with Gasteiger partial charge in [0, 0.05) is 20.1 Å². The van der Waals surface area contributed by atoms with Crippen LogP contribution in [0, 0.1) is 0 Å². The minimum atomic E-state index is -0.534. The minimum absolute atomic E-state index is 0.0707. The van der Waals surface area contributed by atoms with Gasteiger partial charge in [-0.3, -0.25) is 4.79 Å². The Morgan fingerprint density at radius 3 is 2.76 bits per heavy atom. The molecule has 1 amide bonds. The van der Waals surface area contributed by atoms with Crippen molar-refractivity contribution in [3.63, 3.8) is 0 Å². The number of para-hydroxylation sites is 1. The van der Waals surface area contributed by atoms with Gasteiger partial charge >= 0.3 is 0 Å². The summed E-state index contributed by atoms with van der Waals surface area (Å²) in [7, 11) is 1.74. The Balaban J connectivity index is 2.32. The van der Waals surface area contributed by atoms with E-state index in [9.17, 15) is 9.90 Å². The Labute approximate surface area is 105 Å². The van der Waals surface area contributed by atoms with E-state index in [4.69, 9.17) is 11.6 Å². The number of halogens is 1. The molecule has 0 aromatic heterocycles. The van der Waals surface area contributed by atoms with E-state index in [0.29, 0.717) is 18.1 Å². The van der Waals surface area contributed by atoms with Crippen LogP contribution in [0.25, 0.3) is 0 Å². The van der Waals surface area contributed by atoms with Crippen molar-refractivity contribution in [2.45, 2.75) is 6.04 Å². The standard InChI is InChI=1S/C12H15ClN2O2/c1-14-6-7-15(11(8-16)12(14)17)10-5-3-2-4-9(10)13/h2-5,11,16H,6-8H2,1H3. The fourth-order valence-corrected chi connectivity index (χ4v) is 2.31. The second-order valence-corrected chi connectivity index (χ2v) is 4.51. The van der Waals surface area contributed by atoms with E-state index in [1.54, 1.807) is 18.0 Å². The van der Waals surface area contributed by atoms with Gasteiger partial charge < -0.3 is 14.9 Å². The van der Waals surface area contributed by atoms with E-state index in [0.717, 1.165) is 5.69 Å². The molecule has 1 aromatic rings. The number of hydrogen-bond acceptors (Lipinski definition) is 3. The van der Waals surface area contributed by atoms with E-state index in [2.05, 4.69) is 0 Å². The molecule has 1 atom stereocenters. The molecule has 1 N–H and O–H groups in total. The molecule has 92 valence electrons. The molecule has 1 aliphatic rings. The first-order chi connectivity index (χ1) is 8.15. The summed E-state index contributed by atoms with van der Waals surface area (Å²) in [6.45, 7) is 1.12. The average Bonchev–Trinajstić information content (AvgIpc) is 2.33. The number of likely N-dealkylation sites (N-methyl/N-ethyl adjacent to an activating group) is 1. The molecule has 0 aliphatic carbocycles. The van der Waals surface area contributed by atoms with Crippen molar-refractivity contribution in [3.05, 3.63) is 29.3 Å². The van der Waals surface area contributed by atoms with Gasteiger partial charge in [-0.15, -0.1) is 0 Å². The van der Waals surface area contributed by atoms with Crippen molar-refractivity contribution in [3.8, 4) is 0 Å². The molecule has 5 heteroatoms. The third-order valence-electron chi connectivity index (χ3n) is 3.05. The quantitative estimate of drug-likeness (QED) is 0.856. The Morgan fingerprint density at radius 2 is 2.12 bits per heavy atom. The van der Waals surface area contributed by atoms with Gasteiger partial charge in [0.1, 0.15) is 6.04 Å². The Morgan fingerprint density at radius 1 is 1.41 bits per heavy atom. The van der Waals surface area contributed by atoms with E-state index in [-0.39, 0.29) is 12.5 Å². The molecule has 0 spiro atoms. The van der Waals surface area contributed by atoms with E-state index >= 15 is 0 Å². The van der Waals surface area contributed by atoms with Gasteiger partial charge in [0.15, 0.2) is 0 Å². The Kier molecular flexibility index (Phi) is 3.54. The van der Waals surface area contributed by atoms with Crippen LogP contribution in [0.2, 0.25) is 5.02 Å². The molecular weight excluding hydrogens is 240 g/mol. The number of piperazine rings is 1. The van der Waals surface area contributed by atoms with Crippen molar-refractivity contribution < 1.29 is 9.90 Å². The van der Waals surface area contributed by atoms with Gasteiger partial charge in [-0.05, 0) is 12.1 Å². The number of carbonyl (C=O) groups is 1. The highest BCUT2D eigenvalue weighted by atomic mass is 35.5. The van der Waals surface area contributed by atoms with Crippen molar-refractivity contribution >= 4 is 23.2 Å². The van der Waals surface area contributed by atoms with Crippen LogP contribution in [0.3, 0.4) is 0 Å². The number of nitrogens with zero attached hydrogens (tertiary/aromatic N) is 2. The third-order valence-corrected chi connectivity index (χ3v) is 3.37. The van der Waals surface area contributed by atoms with Crippen LogP contribution in [0.4, 0.5) is 5.69 Å². The number of carbonyl (C=O) groups excluding carboxylic acids is 1. The van der Waals surface area contributed by atoms with Crippen LogP contribution in [0.15, 0.2) is 24.3 Å². The van der Waals surface area contributed by atoms with Crippen molar-refractivity contribution in [2.75, 3.05) is 31.6 Å². The molecule has 4 nitrogen and oxygen atoms in total. The molecule has 0 saturated carbocycles. The summed E-state index contributed by atoms with van der Waals surface area (Å²) in [5.74, 6) is -0.0707. The summed E-state index contributed by atoms with van der Waals surface area (Å²) in [4.78, 5) is 15.4. The van der Waals surface area contributed by atoms with Gasteiger partial charge in [0.05, 0.1) is 17.3 Å². The highest BCUT2D eigenvalue weighted by Crippen LogP contribution is 2.28. The normalized spacial score (nSPS) is 20.9. The van der Waals surface area contributed by atoms with Crippen LogP contribution in [0.1, 0.15) is 0 Å². The lowest BCUT2D eigenvalue weighted by Crippen LogP contribution is -2.57. The van der Waals surface area contributed by atoms with Crippen LogP contribution in [-0.2, 0) is 4.79 Å². The van der Waals surface area contributed by atoms with Gasteiger partial charge in [-0.1, -0.05) is 23.7 Å². The zero-order chi connectivity index (χ0) is 12.4. The van der Waals surface area contributed by atoms with E-state index in [1.165, 1.54) is 0 Å². The van der Waals surface area contributed by atoms with Crippen molar-refractivity contribution in [1.82, 2.24) is 4.90 Å². The lowest BCUT2D eigenvalue weighted by Gasteiger charge is -2.40. The molecule has 0 bridgehead atoms. The zero-order valence-electron chi connectivity index (χ0n) is 9.64. The topological polar surface area (TPSA) is 43.8 Å². The lowest BCUT2D eigenvalue weighted by molar-refractivity contribution is -0.133. The maximum atomic E-state index is 11.9. The highest BCUT2D eigenvalue weighted by molar-refractivity contribution is 6.33. The molecule has 1 fully saturated rings. The van der Waals surface area contributed by atoms with Crippen molar-refractivity contribution in [1.29, 1.82) is 0 Å². The first-order valence-electron chi connectivity index (χ1n) is 5.52. The molecule has 1 aromatic carbocycles. The summed E-state index contributed by atoms with van der Waals surface area (Å²) >= 11 is 6.12. The third kappa shape index (κ3) is 2.23. The second kappa shape index (κ2) is 4.94. The monoisotopic (exact) mass is 254 g/mol. The van der Waals surface area contributed by atoms with Gasteiger partial charge in [0.2, 0.25) is 5.91 Å². The molecular formula is C12H15ClN2O2. The molecule has 1 heterocycles. The van der Waals surface area contributed by atoms with E-state index in [1.807, 2.05) is 23.1 Å². The van der Waals surface area contributed by atoms with Gasteiger partial charge in [-0.2, -0.15) is 0 Å². The zero-order valence-corrected chi connectivity index (χ0v) is 10.4. The fourth-order valence-electron chi connectivity index (χ4n) is 2.06. The SMILES string of the molecule is CN1CCN(c2ccccc2Cl)C(CO)C1=O. The average molecular weight is 255 g/mol. The maximum Gasteiger partial charge on any atom is 0.247 e. The number of anilines is 1. The molecule has 1 saturated heterocycles. The number of rotatable bonds is 2. The van der Waals surface area contributed by atoms with Crippen LogP contribution in [0.5, 0.6) is 0 Å². The molecule has 2 rings (SSSR count). The summed E-state index contributed by atoms with van der Waals surface area (Å²) in [5.41, 5.74) is 0.801. The fraction of sp³-hybridized carbons (Fsp3) is 0.417. The van der Waals surface area contributed by atoms with Crippen LogP contribution < -0.4 is 4.90 Å². The molecule has 1 unspecified atom stereocenters. The summed E-state index contributed by atoms with van der Waals surface area (Å²) in [5, 5.41) is 9.97. The first kappa shape index (κ1) is 12.2. The molecule has 1 aliphatic heterocycles. The predicted molar refractivity (Wildman–Crippen MR) is 67.3 cm³/mol. The molecule has 0 radical (unpaired) electrons. The smallest absolute Gasteiger partial charge is 0.247 e. The van der Waals surface area contributed by atoms with Crippen molar-refractivity contribution in [2.24, 2.45) is 0 Å². The number of hydrogen-bond donors (Lipinski definition) is 1. The highest BCUT2D eigenvalue weighted by Gasteiger charge is 2.33. The second-order valence-electron chi connectivity index (χ2n) is 4.10. The number of aliphatic hydroxyl groups is 1. The summed E-state index contributed by atoms with van der Waals surface area (Å²) in [6, 6.07) is 6.84. The Hall–Kier alpha value is -1.26. The largest absolute Gasteiger partial charge is 0.394 e. The summed E-state index contributed by atoms with van der Waals surface area (Å²) < 4.78 is 0. The maximum absolute atomic E-state index is 11.9. The number of aliphatic hydroxyl groups excluding tert-OH is 1. The first-order valence-corrected chi connectivity index (χ1v) is 5.90. The van der Waals surface area contributed by atoms with Gasteiger partial charge in [0.25, 0.3) is 0 Å². The number of benzene rings is 1. The van der Waals surface area contributed by atoms with Crippen LogP contribution >= 0.6 is 11.6 Å². The van der Waals surface area contributed by atoms with Crippen LogP contribution in [-0.4, -0.2) is 48.7 Å². The Bertz CT molecular complexity index is 425. The van der Waals surface area contributed by atoms with E-state index < -0.39 is 6.04 Å².